The van der Waals surface area contributed by atoms with E-state index in [0.29, 0.717) is 18.1 Å². The summed E-state index contributed by atoms with van der Waals surface area (Å²) in [4.78, 5) is 19.2. The molecule has 2 aromatic carbocycles. The maximum atomic E-state index is 12.7. The summed E-state index contributed by atoms with van der Waals surface area (Å²) in [6.07, 6.45) is 7.08. The van der Waals surface area contributed by atoms with Crippen LogP contribution in [-0.4, -0.2) is 35.3 Å². The van der Waals surface area contributed by atoms with Gasteiger partial charge in [0.1, 0.15) is 6.26 Å². The minimum absolute atomic E-state index is 0.0770. The van der Waals surface area contributed by atoms with Crippen molar-refractivity contribution < 1.29 is 9.21 Å². The number of Topliss-reactive ketones (excluding diaryl/α,β-unsaturated/α-hetero) is 1. The number of carbonyl (C=O) groups is 1. The predicted octanol–water partition coefficient (Wildman–Crippen LogP) is 4.91. The van der Waals surface area contributed by atoms with E-state index in [1.54, 1.807) is 12.5 Å². The molecule has 0 spiro atoms. The number of aryl methyl sites for hydroxylation is 1. The molecule has 3 aromatic rings. The monoisotopic (exact) mass is 374 g/mol. The predicted molar refractivity (Wildman–Crippen MR) is 111 cm³/mol. The highest BCUT2D eigenvalue weighted by Crippen LogP contribution is 2.29. The van der Waals surface area contributed by atoms with E-state index in [4.69, 9.17) is 4.42 Å². The second-order valence-electron chi connectivity index (χ2n) is 7.70. The lowest BCUT2D eigenvalue weighted by Gasteiger charge is -2.31. The van der Waals surface area contributed by atoms with Crippen LogP contribution in [0.15, 0.2) is 59.3 Å². The third-order valence-electron chi connectivity index (χ3n) is 5.70. The second kappa shape index (κ2) is 8.11. The molecule has 1 aromatic heterocycles. The summed E-state index contributed by atoms with van der Waals surface area (Å²) in [6, 6.07) is 14.7. The van der Waals surface area contributed by atoms with E-state index in [2.05, 4.69) is 60.3 Å². The van der Waals surface area contributed by atoms with E-state index >= 15 is 0 Å². The number of likely N-dealkylation sites (tertiary alicyclic amines) is 1. The van der Waals surface area contributed by atoms with Crippen molar-refractivity contribution in [2.24, 2.45) is 0 Å². The van der Waals surface area contributed by atoms with Crippen LogP contribution in [0, 0.1) is 6.92 Å². The van der Waals surface area contributed by atoms with Gasteiger partial charge in [-0.2, -0.15) is 0 Å². The SMILES string of the molecule is Cc1ccc(-c2ncco2)cc1-c1ccc(CC(=O)C2CCCCN2C)cc1. The van der Waals surface area contributed by atoms with Crippen molar-refractivity contribution in [2.75, 3.05) is 13.6 Å². The number of oxazole rings is 1. The van der Waals surface area contributed by atoms with E-state index in [0.717, 1.165) is 41.6 Å². The molecule has 1 saturated heterocycles. The third kappa shape index (κ3) is 3.92. The number of rotatable bonds is 5. The van der Waals surface area contributed by atoms with Gasteiger partial charge in [-0.3, -0.25) is 9.69 Å². The first-order valence-corrected chi connectivity index (χ1v) is 9.94. The van der Waals surface area contributed by atoms with Gasteiger partial charge in [-0.05, 0) is 67.7 Å². The van der Waals surface area contributed by atoms with Crippen LogP contribution in [0.4, 0.5) is 0 Å². The molecule has 0 N–H and O–H groups in total. The molecular formula is C24H26N2O2. The van der Waals surface area contributed by atoms with Crippen LogP contribution in [0.2, 0.25) is 0 Å². The van der Waals surface area contributed by atoms with E-state index in [1.165, 1.54) is 12.0 Å². The fraction of sp³-hybridized carbons (Fsp3) is 0.333. The molecule has 4 rings (SSSR count). The molecule has 4 nitrogen and oxygen atoms in total. The molecule has 1 aliphatic heterocycles. The number of aromatic nitrogens is 1. The molecule has 0 bridgehead atoms. The van der Waals surface area contributed by atoms with Gasteiger partial charge in [-0.15, -0.1) is 0 Å². The summed E-state index contributed by atoms with van der Waals surface area (Å²) < 4.78 is 5.43. The standard InChI is InChI=1S/C24H26N2O2/c1-17-6-9-20(24-25-12-14-28-24)16-21(17)19-10-7-18(8-11-19)15-23(27)22-5-3-4-13-26(22)2/h6-12,14,16,22H,3-5,13,15H2,1-2H3. The average Bonchev–Trinajstić information content (AvgIpc) is 3.24. The Morgan fingerprint density at radius 2 is 1.93 bits per heavy atom. The van der Waals surface area contributed by atoms with Crippen LogP contribution in [0.1, 0.15) is 30.4 Å². The van der Waals surface area contributed by atoms with Crippen molar-refractivity contribution >= 4 is 5.78 Å². The van der Waals surface area contributed by atoms with Gasteiger partial charge < -0.3 is 4.42 Å². The van der Waals surface area contributed by atoms with Crippen LogP contribution in [0.3, 0.4) is 0 Å². The largest absolute Gasteiger partial charge is 0.445 e. The summed E-state index contributed by atoms with van der Waals surface area (Å²) >= 11 is 0. The Balaban J connectivity index is 1.52. The Bertz CT molecular complexity index is 945. The zero-order valence-corrected chi connectivity index (χ0v) is 16.5. The maximum absolute atomic E-state index is 12.7. The Morgan fingerprint density at radius 3 is 2.64 bits per heavy atom. The number of hydrogen-bond donors (Lipinski definition) is 0. The summed E-state index contributed by atoms with van der Waals surface area (Å²) in [5.41, 5.74) is 5.53. The molecule has 0 aliphatic carbocycles. The number of hydrogen-bond acceptors (Lipinski definition) is 4. The van der Waals surface area contributed by atoms with Gasteiger partial charge in [-0.25, -0.2) is 4.98 Å². The first kappa shape index (κ1) is 18.6. The van der Waals surface area contributed by atoms with Gasteiger partial charge in [0.05, 0.1) is 12.2 Å². The fourth-order valence-corrected chi connectivity index (χ4v) is 4.04. The van der Waals surface area contributed by atoms with E-state index in [1.807, 2.05) is 6.07 Å². The number of benzene rings is 2. The molecule has 144 valence electrons. The molecular weight excluding hydrogens is 348 g/mol. The second-order valence-corrected chi connectivity index (χ2v) is 7.70. The zero-order valence-electron chi connectivity index (χ0n) is 16.5. The smallest absolute Gasteiger partial charge is 0.225 e. The highest BCUT2D eigenvalue weighted by Gasteiger charge is 2.25. The Kier molecular flexibility index (Phi) is 5.40. The molecule has 1 atom stereocenters. The summed E-state index contributed by atoms with van der Waals surface area (Å²) in [5, 5.41) is 0. The van der Waals surface area contributed by atoms with Gasteiger partial charge in [0.15, 0.2) is 5.78 Å². The van der Waals surface area contributed by atoms with E-state index in [-0.39, 0.29) is 6.04 Å². The van der Waals surface area contributed by atoms with Crippen molar-refractivity contribution in [3.8, 4) is 22.6 Å². The molecule has 0 radical (unpaired) electrons. The molecule has 0 amide bonds. The Labute approximate surface area is 166 Å². The molecule has 4 heteroatoms. The van der Waals surface area contributed by atoms with Gasteiger partial charge in [-0.1, -0.05) is 36.8 Å². The van der Waals surface area contributed by atoms with Crippen LogP contribution >= 0.6 is 0 Å². The summed E-state index contributed by atoms with van der Waals surface area (Å²) in [7, 11) is 2.06. The van der Waals surface area contributed by atoms with Crippen LogP contribution in [0.5, 0.6) is 0 Å². The molecule has 1 fully saturated rings. The molecule has 1 aliphatic rings. The topological polar surface area (TPSA) is 46.3 Å². The van der Waals surface area contributed by atoms with Gasteiger partial charge in [0, 0.05) is 12.0 Å². The van der Waals surface area contributed by atoms with Gasteiger partial charge in [0.2, 0.25) is 5.89 Å². The highest BCUT2D eigenvalue weighted by atomic mass is 16.3. The summed E-state index contributed by atoms with van der Waals surface area (Å²) in [6.45, 7) is 3.13. The first-order valence-electron chi connectivity index (χ1n) is 9.94. The Morgan fingerprint density at radius 1 is 1.14 bits per heavy atom. The zero-order chi connectivity index (χ0) is 19.5. The van der Waals surface area contributed by atoms with E-state index < -0.39 is 0 Å². The quantitative estimate of drug-likeness (QED) is 0.636. The number of nitrogens with zero attached hydrogens (tertiary/aromatic N) is 2. The maximum Gasteiger partial charge on any atom is 0.225 e. The van der Waals surface area contributed by atoms with Crippen molar-refractivity contribution in [2.45, 2.75) is 38.6 Å². The molecule has 2 heterocycles. The number of carbonyl (C=O) groups excluding carboxylic acids is 1. The number of ketones is 1. The van der Waals surface area contributed by atoms with Crippen LogP contribution < -0.4 is 0 Å². The lowest BCUT2D eigenvalue weighted by Crippen LogP contribution is -2.42. The number of piperidine rings is 1. The summed E-state index contributed by atoms with van der Waals surface area (Å²) in [5.74, 6) is 0.956. The Hall–Kier alpha value is -2.72. The van der Waals surface area contributed by atoms with Crippen molar-refractivity contribution in [1.82, 2.24) is 9.88 Å². The molecule has 1 unspecified atom stereocenters. The van der Waals surface area contributed by atoms with Gasteiger partial charge in [0.25, 0.3) is 0 Å². The fourth-order valence-electron chi connectivity index (χ4n) is 4.04. The van der Waals surface area contributed by atoms with Crippen LogP contribution in [-0.2, 0) is 11.2 Å². The minimum Gasteiger partial charge on any atom is -0.445 e. The van der Waals surface area contributed by atoms with Gasteiger partial charge >= 0.3 is 0 Å². The lowest BCUT2D eigenvalue weighted by molar-refractivity contribution is -0.124. The normalized spacial score (nSPS) is 17.6. The first-order chi connectivity index (χ1) is 13.6. The number of likely N-dealkylation sites (N-methyl/N-ethyl adjacent to an activating group) is 1. The lowest BCUT2D eigenvalue weighted by atomic mass is 9.93. The average molecular weight is 374 g/mol. The van der Waals surface area contributed by atoms with Crippen molar-refractivity contribution in [3.63, 3.8) is 0 Å². The van der Waals surface area contributed by atoms with Crippen molar-refractivity contribution in [3.05, 3.63) is 66.1 Å². The molecule has 28 heavy (non-hydrogen) atoms. The van der Waals surface area contributed by atoms with E-state index in [9.17, 15) is 4.79 Å². The van der Waals surface area contributed by atoms with Crippen LogP contribution in [0.25, 0.3) is 22.6 Å². The minimum atomic E-state index is 0.0770. The highest BCUT2D eigenvalue weighted by molar-refractivity contribution is 5.86. The molecule has 0 saturated carbocycles. The van der Waals surface area contributed by atoms with Crippen molar-refractivity contribution in [1.29, 1.82) is 0 Å². The third-order valence-corrected chi connectivity index (χ3v) is 5.70.